The third kappa shape index (κ3) is 3.80. The van der Waals surface area contributed by atoms with Crippen molar-refractivity contribution in [2.24, 2.45) is 0 Å². The minimum absolute atomic E-state index is 0.0622. The number of carbonyl (C=O) groups excluding carboxylic acids is 1. The standard InChI is InChI=1S/C16H19NO2/c1-16(2,3)19-11-15(18)17-14-10-6-8-12-7-4-5-9-13(12)14/h4-10H,11H2,1-3H3,(H,17,18). The molecule has 0 saturated heterocycles. The SMILES string of the molecule is CC(C)(C)OCC(=O)Nc1cccc2ccccc12. The van der Waals surface area contributed by atoms with Crippen molar-refractivity contribution in [2.75, 3.05) is 11.9 Å². The lowest BCUT2D eigenvalue weighted by Crippen LogP contribution is -2.27. The van der Waals surface area contributed by atoms with Crippen LogP contribution in [0.5, 0.6) is 0 Å². The van der Waals surface area contributed by atoms with Gasteiger partial charge in [0.05, 0.1) is 5.60 Å². The van der Waals surface area contributed by atoms with E-state index in [0.29, 0.717) is 0 Å². The zero-order valence-corrected chi connectivity index (χ0v) is 11.6. The molecule has 0 aliphatic rings. The Morgan fingerprint density at radius 1 is 1.11 bits per heavy atom. The third-order valence-electron chi connectivity index (χ3n) is 2.70. The lowest BCUT2D eigenvalue weighted by atomic mass is 10.1. The van der Waals surface area contributed by atoms with E-state index in [0.717, 1.165) is 16.5 Å². The average Bonchev–Trinajstić information content (AvgIpc) is 2.36. The Balaban J connectivity index is 2.11. The van der Waals surface area contributed by atoms with Gasteiger partial charge >= 0.3 is 0 Å². The Morgan fingerprint density at radius 3 is 2.53 bits per heavy atom. The molecule has 19 heavy (non-hydrogen) atoms. The van der Waals surface area contributed by atoms with Gasteiger partial charge in [0.15, 0.2) is 0 Å². The molecule has 2 aromatic rings. The van der Waals surface area contributed by atoms with Crippen molar-refractivity contribution in [2.45, 2.75) is 26.4 Å². The van der Waals surface area contributed by atoms with Crippen molar-refractivity contribution < 1.29 is 9.53 Å². The molecule has 0 aromatic heterocycles. The van der Waals surface area contributed by atoms with Gasteiger partial charge < -0.3 is 10.1 Å². The van der Waals surface area contributed by atoms with Crippen molar-refractivity contribution in [3.8, 4) is 0 Å². The Hall–Kier alpha value is -1.87. The molecule has 0 atom stereocenters. The van der Waals surface area contributed by atoms with Gasteiger partial charge in [-0.05, 0) is 32.2 Å². The van der Waals surface area contributed by atoms with E-state index < -0.39 is 0 Å². The summed E-state index contributed by atoms with van der Waals surface area (Å²) in [6.45, 7) is 5.85. The molecular formula is C16H19NO2. The summed E-state index contributed by atoms with van der Waals surface area (Å²) in [5.74, 6) is -0.133. The summed E-state index contributed by atoms with van der Waals surface area (Å²) in [7, 11) is 0. The van der Waals surface area contributed by atoms with E-state index in [1.807, 2.05) is 63.2 Å². The van der Waals surface area contributed by atoms with Crippen LogP contribution in [0.4, 0.5) is 5.69 Å². The molecule has 0 bridgehead atoms. The van der Waals surface area contributed by atoms with E-state index >= 15 is 0 Å². The summed E-state index contributed by atoms with van der Waals surface area (Å²) in [5.41, 5.74) is 0.511. The first kappa shape index (κ1) is 13.6. The number of anilines is 1. The van der Waals surface area contributed by atoms with Crippen LogP contribution in [0.3, 0.4) is 0 Å². The molecule has 1 amide bonds. The monoisotopic (exact) mass is 257 g/mol. The van der Waals surface area contributed by atoms with Crippen molar-refractivity contribution in [3.63, 3.8) is 0 Å². The Kier molecular flexibility index (Phi) is 3.86. The molecule has 3 heteroatoms. The van der Waals surface area contributed by atoms with Gasteiger partial charge in [0, 0.05) is 11.1 Å². The van der Waals surface area contributed by atoms with Crippen LogP contribution in [0.2, 0.25) is 0 Å². The van der Waals surface area contributed by atoms with Crippen LogP contribution in [0.15, 0.2) is 42.5 Å². The highest BCUT2D eigenvalue weighted by atomic mass is 16.5. The minimum Gasteiger partial charge on any atom is -0.366 e. The second-order valence-corrected chi connectivity index (χ2v) is 5.48. The van der Waals surface area contributed by atoms with Gasteiger partial charge in [0.25, 0.3) is 0 Å². The number of hydrogen-bond donors (Lipinski definition) is 1. The maximum absolute atomic E-state index is 11.9. The fraction of sp³-hybridized carbons (Fsp3) is 0.312. The van der Waals surface area contributed by atoms with Gasteiger partial charge in [-0.2, -0.15) is 0 Å². The smallest absolute Gasteiger partial charge is 0.250 e. The van der Waals surface area contributed by atoms with Crippen molar-refractivity contribution in [3.05, 3.63) is 42.5 Å². The minimum atomic E-state index is -0.309. The normalized spacial score (nSPS) is 11.5. The lowest BCUT2D eigenvalue weighted by Gasteiger charge is -2.19. The number of ether oxygens (including phenoxy) is 1. The number of fused-ring (bicyclic) bond motifs is 1. The maximum atomic E-state index is 11.9. The Bertz CT molecular complexity index is 579. The van der Waals surface area contributed by atoms with Crippen molar-refractivity contribution in [1.82, 2.24) is 0 Å². The molecular weight excluding hydrogens is 238 g/mol. The summed E-state index contributed by atoms with van der Waals surface area (Å²) in [5, 5.41) is 5.04. The molecule has 0 aliphatic heterocycles. The average molecular weight is 257 g/mol. The van der Waals surface area contributed by atoms with Crippen LogP contribution < -0.4 is 5.32 Å². The fourth-order valence-corrected chi connectivity index (χ4v) is 1.80. The second-order valence-electron chi connectivity index (χ2n) is 5.48. The summed E-state index contributed by atoms with van der Waals surface area (Å²) < 4.78 is 5.46. The van der Waals surface area contributed by atoms with Crippen LogP contribution >= 0.6 is 0 Å². The van der Waals surface area contributed by atoms with Gasteiger partial charge in [-0.25, -0.2) is 0 Å². The number of hydrogen-bond acceptors (Lipinski definition) is 2. The number of carbonyl (C=O) groups is 1. The van der Waals surface area contributed by atoms with Crippen molar-refractivity contribution in [1.29, 1.82) is 0 Å². The molecule has 0 heterocycles. The summed E-state index contributed by atoms with van der Waals surface area (Å²) in [4.78, 5) is 11.9. The number of nitrogens with one attached hydrogen (secondary N) is 1. The maximum Gasteiger partial charge on any atom is 0.250 e. The predicted octanol–water partition coefficient (Wildman–Crippen LogP) is 3.59. The first-order valence-corrected chi connectivity index (χ1v) is 6.37. The number of benzene rings is 2. The van der Waals surface area contributed by atoms with Gasteiger partial charge in [-0.15, -0.1) is 0 Å². The number of rotatable bonds is 3. The molecule has 0 saturated carbocycles. The largest absolute Gasteiger partial charge is 0.366 e. The summed E-state index contributed by atoms with van der Waals surface area (Å²) in [6, 6.07) is 13.8. The highest BCUT2D eigenvalue weighted by Crippen LogP contribution is 2.22. The molecule has 3 nitrogen and oxygen atoms in total. The van der Waals surface area contributed by atoms with Gasteiger partial charge in [-0.3, -0.25) is 4.79 Å². The summed E-state index contributed by atoms with van der Waals surface area (Å²) >= 11 is 0. The molecule has 1 N–H and O–H groups in total. The van der Waals surface area contributed by atoms with Crippen LogP contribution in [0.25, 0.3) is 10.8 Å². The van der Waals surface area contributed by atoms with E-state index in [-0.39, 0.29) is 18.1 Å². The van der Waals surface area contributed by atoms with Gasteiger partial charge in [-0.1, -0.05) is 36.4 Å². The molecule has 2 rings (SSSR count). The quantitative estimate of drug-likeness (QED) is 0.912. The van der Waals surface area contributed by atoms with Gasteiger partial charge in [0.2, 0.25) is 5.91 Å². The molecule has 0 radical (unpaired) electrons. The van der Waals surface area contributed by atoms with Crippen LogP contribution in [0.1, 0.15) is 20.8 Å². The van der Waals surface area contributed by atoms with E-state index in [2.05, 4.69) is 5.32 Å². The molecule has 100 valence electrons. The van der Waals surface area contributed by atoms with Crippen LogP contribution in [-0.2, 0) is 9.53 Å². The fourth-order valence-electron chi connectivity index (χ4n) is 1.80. The number of amides is 1. The highest BCUT2D eigenvalue weighted by molar-refractivity contribution is 6.02. The second kappa shape index (κ2) is 5.41. The topological polar surface area (TPSA) is 38.3 Å². The van der Waals surface area contributed by atoms with Gasteiger partial charge in [0.1, 0.15) is 6.61 Å². The molecule has 2 aromatic carbocycles. The Labute approximate surface area is 113 Å². The summed E-state index contributed by atoms with van der Waals surface area (Å²) in [6.07, 6.45) is 0. The molecule has 0 unspecified atom stereocenters. The first-order valence-electron chi connectivity index (χ1n) is 6.37. The lowest BCUT2D eigenvalue weighted by molar-refractivity contribution is -0.125. The van der Waals surface area contributed by atoms with Crippen LogP contribution in [-0.4, -0.2) is 18.1 Å². The van der Waals surface area contributed by atoms with Crippen LogP contribution in [0, 0.1) is 0 Å². The van der Waals surface area contributed by atoms with Crippen molar-refractivity contribution >= 4 is 22.4 Å². The van der Waals surface area contributed by atoms with E-state index in [1.165, 1.54) is 0 Å². The third-order valence-corrected chi connectivity index (χ3v) is 2.70. The predicted molar refractivity (Wildman–Crippen MR) is 78.3 cm³/mol. The zero-order valence-electron chi connectivity index (χ0n) is 11.6. The molecule has 0 aliphatic carbocycles. The van der Waals surface area contributed by atoms with E-state index in [9.17, 15) is 4.79 Å². The molecule has 0 fully saturated rings. The van der Waals surface area contributed by atoms with E-state index in [4.69, 9.17) is 4.74 Å². The first-order chi connectivity index (χ1) is 8.96. The highest BCUT2D eigenvalue weighted by Gasteiger charge is 2.13. The Morgan fingerprint density at radius 2 is 1.79 bits per heavy atom. The van der Waals surface area contributed by atoms with E-state index in [1.54, 1.807) is 0 Å². The molecule has 0 spiro atoms. The zero-order chi connectivity index (χ0) is 13.9.